The van der Waals surface area contributed by atoms with E-state index in [9.17, 15) is 9.59 Å². The summed E-state index contributed by atoms with van der Waals surface area (Å²) in [6, 6.07) is 5.98. The van der Waals surface area contributed by atoms with Crippen LogP contribution in [0.2, 0.25) is 0 Å². The van der Waals surface area contributed by atoms with Crippen molar-refractivity contribution in [1.29, 1.82) is 0 Å². The average molecular weight is 223 g/mol. The Morgan fingerprint density at radius 1 is 1.31 bits per heavy atom. The first-order chi connectivity index (χ1) is 7.63. The van der Waals surface area contributed by atoms with Gasteiger partial charge in [-0.05, 0) is 24.3 Å². The molecule has 0 aliphatic heterocycles. The normalized spacial score (nSPS) is 9.81. The van der Waals surface area contributed by atoms with Crippen LogP contribution in [0.5, 0.6) is 0 Å². The molecule has 0 fully saturated rings. The van der Waals surface area contributed by atoms with Crippen molar-refractivity contribution in [3.05, 3.63) is 29.8 Å². The minimum absolute atomic E-state index is 0.162. The largest absolute Gasteiger partial charge is 0.478 e. The van der Waals surface area contributed by atoms with Gasteiger partial charge in [0.05, 0.1) is 18.6 Å². The number of rotatable bonds is 5. The first kappa shape index (κ1) is 12.2. The van der Waals surface area contributed by atoms with Crippen molar-refractivity contribution in [3.8, 4) is 0 Å². The molecule has 0 heterocycles. The van der Waals surface area contributed by atoms with E-state index in [4.69, 9.17) is 9.84 Å². The molecule has 5 heteroatoms. The molecule has 5 nitrogen and oxygen atoms in total. The van der Waals surface area contributed by atoms with E-state index in [1.807, 2.05) is 0 Å². The molecule has 0 spiro atoms. The van der Waals surface area contributed by atoms with Gasteiger partial charge < -0.3 is 15.2 Å². The summed E-state index contributed by atoms with van der Waals surface area (Å²) in [6.07, 6.45) is 0.275. The molecule has 0 bridgehead atoms. The third-order valence-electron chi connectivity index (χ3n) is 1.95. The van der Waals surface area contributed by atoms with E-state index >= 15 is 0 Å². The molecule has 2 N–H and O–H groups in total. The van der Waals surface area contributed by atoms with Crippen LogP contribution in [0.15, 0.2) is 24.3 Å². The molecular formula is C11H13NO4. The molecular weight excluding hydrogens is 210 g/mol. The van der Waals surface area contributed by atoms with E-state index in [-0.39, 0.29) is 17.9 Å². The number of carboxylic acids is 1. The lowest BCUT2D eigenvalue weighted by atomic mass is 10.2. The maximum atomic E-state index is 11.3. The first-order valence-electron chi connectivity index (χ1n) is 4.75. The standard InChI is InChI=1S/C11H13NO4/c1-16-7-6-10(13)12-9-4-2-8(3-5-9)11(14)15/h2-5H,6-7H2,1H3,(H,12,13)(H,14,15). The Kier molecular flexibility index (Phi) is 4.47. The van der Waals surface area contributed by atoms with Gasteiger partial charge in [-0.25, -0.2) is 4.79 Å². The second-order valence-electron chi connectivity index (χ2n) is 3.17. The molecule has 0 saturated carbocycles. The van der Waals surface area contributed by atoms with Gasteiger partial charge in [0.25, 0.3) is 0 Å². The van der Waals surface area contributed by atoms with Gasteiger partial charge >= 0.3 is 5.97 Å². The van der Waals surface area contributed by atoms with E-state index in [0.717, 1.165) is 0 Å². The first-order valence-corrected chi connectivity index (χ1v) is 4.75. The van der Waals surface area contributed by atoms with Crippen molar-refractivity contribution in [3.63, 3.8) is 0 Å². The van der Waals surface area contributed by atoms with Crippen LogP contribution in [-0.4, -0.2) is 30.7 Å². The molecule has 1 rings (SSSR count). The van der Waals surface area contributed by atoms with E-state index in [0.29, 0.717) is 12.3 Å². The third kappa shape index (κ3) is 3.70. The molecule has 0 unspecified atom stereocenters. The van der Waals surface area contributed by atoms with Gasteiger partial charge in [0.1, 0.15) is 0 Å². The zero-order valence-electron chi connectivity index (χ0n) is 8.90. The highest BCUT2D eigenvalue weighted by Crippen LogP contribution is 2.09. The zero-order valence-corrected chi connectivity index (χ0v) is 8.90. The van der Waals surface area contributed by atoms with Gasteiger partial charge in [0.15, 0.2) is 0 Å². The number of benzene rings is 1. The minimum Gasteiger partial charge on any atom is -0.478 e. The Labute approximate surface area is 93.0 Å². The topological polar surface area (TPSA) is 75.6 Å². The number of aromatic carboxylic acids is 1. The van der Waals surface area contributed by atoms with Crippen molar-refractivity contribution in [2.45, 2.75) is 6.42 Å². The van der Waals surface area contributed by atoms with Crippen molar-refractivity contribution >= 4 is 17.6 Å². The van der Waals surface area contributed by atoms with Crippen LogP contribution >= 0.6 is 0 Å². The van der Waals surface area contributed by atoms with Crippen molar-refractivity contribution < 1.29 is 19.4 Å². The number of anilines is 1. The molecule has 16 heavy (non-hydrogen) atoms. The number of hydrogen-bond donors (Lipinski definition) is 2. The monoisotopic (exact) mass is 223 g/mol. The summed E-state index contributed by atoms with van der Waals surface area (Å²) in [5.41, 5.74) is 0.765. The van der Waals surface area contributed by atoms with Crippen LogP contribution < -0.4 is 5.32 Å². The van der Waals surface area contributed by atoms with Gasteiger partial charge in [-0.2, -0.15) is 0 Å². The molecule has 0 radical (unpaired) electrons. The van der Waals surface area contributed by atoms with Gasteiger partial charge in [-0.3, -0.25) is 4.79 Å². The fourth-order valence-corrected chi connectivity index (χ4v) is 1.11. The van der Waals surface area contributed by atoms with Crippen LogP contribution in [0.3, 0.4) is 0 Å². The number of nitrogens with one attached hydrogen (secondary N) is 1. The number of carboxylic acid groups (broad SMARTS) is 1. The Bertz CT molecular complexity index is 372. The number of ether oxygens (including phenoxy) is 1. The Balaban J connectivity index is 2.55. The highest BCUT2D eigenvalue weighted by Gasteiger charge is 2.04. The van der Waals surface area contributed by atoms with Crippen molar-refractivity contribution in [2.75, 3.05) is 19.0 Å². The second-order valence-corrected chi connectivity index (χ2v) is 3.17. The van der Waals surface area contributed by atoms with Crippen LogP contribution in [-0.2, 0) is 9.53 Å². The summed E-state index contributed by atoms with van der Waals surface area (Å²) in [6.45, 7) is 0.360. The Morgan fingerprint density at radius 3 is 2.44 bits per heavy atom. The average Bonchev–Trinajstić information content (AvgIpc) is 2.27. The van der Waals surface area contributed by atoms with Crippen molar-refractivity contribution in [1.82, 2.24) is 0 Å². The number of hydrogen-bond acceptors (Lipinski definition) is 3. The minimum atomic E-state index is -0.989. The molecule has 1 aromatic carbocycles. The predicted molar refractivity (Wildman–Crippen MR) is 58.5 cm³/mol. The predicted octanol–water partition coefficient (Wildman–Crippen LogP) is 1.36. The number of carbonyl (C=O) groups excluding carboxylic acids is 1. The van der Waals surface area contributed by atoms with Crippen LogP contribution in [0, 0.1) is 0 Å². The maximum absolute atomic E-state index is 11.3. The second kappa shape index (κ2) is 5.87. The number of carbonyl (C=O) groups is 2. The molecule has 0 aliphatic rings. The quantitative estimate of drug-likeness (QED) is 0.790. The van der Waals surface area contributed by atoms with Crippen molar-refractivity contribution in [2.24, 2.45) is 0 Å². The lowest BCUT2D eigenvalue weighted by Crippen LogP contribution is -2.13. The summed E-state index contributed by atoms with van der Waals surface area (Å²) in [4.78, 5) is 21.9. The van der Waals surface area contributed by atoms with Gasteiger partial charge in [0, 0.05) is 12.8 Å². The fourth-order valence-electron chi connectivity index (χ4n) is 1.11. The van der Waals surface area contributed by atoms with E-state index in [2.05, 4.69) is 5.32 Å². The lowest BCUT2D eigenvalue weighted by Gasteiger charge is -2.04. The smallest absolute Gasteiger partial charge is 0.335 e. The SMILES string of the molecule is COCCC(=O)Nc1ccc(C(=O)O)cc1. The number of amides is 1. The third-order valence-corrected chi connectivity index (χ3v) is 1.95. The molecule has 0 aliphatic carbocycles. The highest BCUT2D eigenvalue weighted by atomic mass is 16.5. The Morgan fingerprint density at radius 2 is 1.94 bits per heavy atom. The summed E-state index contributed by atoms with van der Waals surface area (Å²) in [5.74, 6) is -1.15. The summed E-state index contributed by atoms with van der Waals surface area (Å²) < 4.78 is 4.76. The summed E-state index contributed by atoms with van der Waals surface area (Å²) in [7, 11) is 1.52. The summed E-state index contributed by atoms with van der Waals surface area (Å²) >= 11 is 0. The van der Waals surface area contributed by atoms with Crippen LogP contribution in [0.4, 0.5) is 5.69 Å². The lowest BCUT2D eigenvalue weighted by molar-refractivity contribution is -0.117. The van der Waals surface area contributed by atoms with Gasteiger partial charge in [-0.1, -0.05) is 0 Å². The van der Waals surface area contributed by atoms with Gasteiger partial charge in [-0.15, -0.1) is 0 Å². The van der Waals surface area contributed by atoms with Gasteiger partial charge in [0.2, 0.25) is 5.91 Å². The van der Waals surface area contributed by atoms with Crippen LogP contribution in [0.25, 0.3) is 0 Å². The molecule has 1 aromatic rings. The van der Waals surface area contributed by atoms with E-state index < -0.39 is 5.97 Å². The molecule has 0 aromatic heterocycles. The van der Waals surface area contributed by atoms with Crippen LogP contribution in [0.1, 0.15) is 16.8 Å². The molecule has 86 valence electrons. The summed E-state index contributed by atoms with van der Waals surface area (Å²) in [5, 5.41) is 11.3. The fraction of sp³-hybridized carbons (Fsp3) is 0.273. The molecule has 0 saturated heterocycles. The Hall–Kier alpha value is -1.88. The molecule has 0 atom stereocenters. The highest BCUT2D eigenvalue weighted by molar-refractivity contribution is 5.92. The van der Waals surface area contributed by atoms with E-state index in [1.165, 1.54) is 19.2 Å². The number of methoxy groups -OCH3 is 1. The van der Waals surface area contributed by atoms with E-state index in [1.54, 1.807) is 12.1 Å². The maximum Gasteiger partial charge on any atom is 0.335 e. The zero-order chi connectivity index (χ0) is 12.0. The molecule has 1 amide bonds.